The maximum Gasteiger partial charge on any atom is 0.332 e. The molecule has 4 nitrogen and oxygen atoms in total. The van der Waals surface area contributed by atoms with E-state index in [1.807, 2.05) is 0 Å². The van der Waals surface area contributed by atoms with Crippen LogP contribution in [0, 0.1) is 0 Å². The van der Waals surface area contributed by atoms with E-state index in [-0.39, 0.29) is 0 Å². The van der Waals surface area contributed by atoms with Gasteiger partial charge in [-0.1, -0.05) is 0 Å². The van der Waals surface area contributed by atoms with E-state index < -0.39 is 16.9 Å². The lowest BCUT2D eigenvalue weighted by molar-refractivity contribution is 0.187. The highest BCUT2D eigenvalue weighted by atomic mass is 31.2. The summed E-state index contributed by atoms with van der Waals surface area (Å²) < 4.78 is 21.2. The van der Waals surface area contributed by atoms with Crippen molar-refractivity contribution in [3.8, 4) is 0 Å². The molecular weight excluding hydrogens is 207 g/mol. The third-order valence-electron chi connectivity index (χ3n) is 1.29. The quantitative estimate of drug-likeness (QED) is 0.407. The van der Waals surface area contributed by atoms with Crippen molar-refractivity contribution >= 4 is 16.9 Å². The molecule has 0 aromatic heterocycles. The minimum absolute atomic E-state index is 0.565. The first-order chi connectivity index (χ1) is 6.08. The molecule has 0 atom stereocenters. The number of rotatable bonds is 5. The zero-order valence-electron chi connectivity index (χ0n) is 8.41. The minimum atomic E-state index is -1.39. The van der Waals surface area contributed by atoms with Crippen LogP contribution in [0.2, 0.25) is 19.6 Å². The maximum atomic E-state index is 5.60. The standard InChI is InChI=1S/C7H17O4PSi/c1-13(2,3)11-7-6-10-12-8-4-5-9-12/h4-7H2,1-3H3. The van der Waals surface area contributed by atoms with Gasteiger partial charge in [-0.05, 0) is 19.6 Å². The van der Waals surface area contributed by atoms with Crippen molar-refractivity contribution in [2.45, 2.75) is 19.6 Å². The Hall–Kier alpha value is 0.487. The van der Waals surface area contributed by atoms with Crippen molar-refractivity contribution in [1.29, 1.82) is 0 Å². The van der Waals surface area contributed by atoms with Crippen LogP contribution >= 0.6 is 8.60 Å². The summed E-state index contributed by atoms with van der Waals surface area (Å²) >= 11 is 0. The topological polar surface area (TPSA) is 36.9 Å². The van der Waals surface area contributed by atoms with Gasteiger partial charge in [0.05, 0.1) is 26.4 Å². The number of hydrogen-bond acceptors (Lipinski definition) is 4. The van der Waals surface area contributed by atoms with Crippen LogP contribution in [0.1, 0.15) is 0 Å². The molecule has 1 fully saturated rings. The molecule has 0 radical (unpaired) electrons. The normalized spacial score (nSPS) is 19.6. The Labute approximate surface area is 81.6 Å². The molecule has 1 heterocycles. The van der Waals surface area contributed by atoms with Crippen LogP contribution in [0.4, 0.5) is 0 Å². The summed E-state index contributed by atoms with van der Waals surface area (Å²) in [6.07, 6.45) is 0. The van der Waals surface area contributed by atoms with Gasteiger partial charge in [0, 0.05) is 0 Å². The van der Waals surface area contributed by atoms with Crippen LogP contribution in [-0.4, -0.2) is 34.7 Å². The van der Waals surface area contributed by atoms with E-state index in [9.17, 15) is 0 Å². The first kappa shape index (κ1) is 11.6. The molecule has 0 bridgehead atoms. The van der Waals surface area contributed by atoms with E-state index in [2.05, 4.69) is 19.6 Å². The van der Waals surface area contributed by atoms with Gasteiger partial charge in [-0.3, -0.25) is 0 Å². The van der Waals surface area contributed by atoms with E-state index in [1.54, 1.807) is 0 Å². The lowest BCUT2D eigenvalue weighted by Crippen LogP contribution is -2.27. The fraction of sp³-hybridized carbons (Fsp3) is 1.00. The van der Waals surface area contributed by atoms with Crippen LogP contribution in [0.5, 0.6) is 0 Å². The number of hydrogen-bond donors (Lipinski definition) is 0. The Morgan fingerprint density at radius 3 is 2.31 bits per heavy atom. The molecule has 0 N–H and O–H groups in total. The molecule has 78 valence electrons. The molecule has 1 rings (SSSR count). The SMILES string of the molecule is C[Si](C)(C)OCCOP1OCCO1. The summed E-state index contributed by atoms with van der Waals surface area (Å²) in [5.41, 5.74) is 0. The average molecular weight is 224 g/mol. The van der Waals surface area contributed by atoms with Crippen molar-refractivity contribution in [2.24, 2.45) is 0 Å². The average Bonchev–Trinajstić information content (AvgIpc) is 2.48. The Kier molecular flexibility index (Phi) is 4.79. The summed E-state index contributed by atoms with van der Waals surface area (Å²) in [5, 5.41) is 0. The summed E-state index contributed by atoms with van der Waals surface area (Å²) in [6.45, 7) is 8.97. The third kappa shape index (κ3) is 5.73. The molecular formula is C7H17O4PSi. The van der Waals surface area contributed by atoms with Crippen LogP contribution in [0.3, 0.4) is 0 Å². The Bertz CT molecular complexity index is 144. The molecule has 0 amide bonds. The lowest BCUT2D eigenvalue weighted by Gasteiger charge is -2.17. The molecule has 0 unspecified atom stereocenters. The fourth-order valence-corrected chi connectivity index (χ4v) is 2.39. The van der Waals surface area contributed by atoms with Gasteiger partial charge in [-0.25, -0.2) is 0 Å². The Balaban J connectivity index is 1.94. The van der Waals surface area contributed by atoms with Gasteiger partial charge in [0.2, 0.25) is 0 Å². The van der Waals surface area contributed by atoms with E-state index in [0.29, 0.717) is 26.4 Å². The second kappa shape index (κ2) is 5.39. The molecule has 6 heteroatoms. The van der Waals surface area contributed by atoms with Gasteiger partial charge in [-0.15, -0.1) is 0 Å². The second-order valence-corrected chi connectivity index (χ2v) is 9.42. The first-order valence-corrected chi connectivity index (χ1v) is 8.91. The third-order valence-corrected chi connectivity index (χ3v) is 3.54. The molecule has 0 aliphatic carbocycles. The Morgan fingerprint density at radius 1 is 1.15 bits per heavy atom. The van der Waals surface area contributed by atoms with Crippen molar-refractivity contribution in [1.82, 2.24) is 0 Å². The van der Waals surface area contributed by atoms with Crippen molar-refractivity contribution in [3.63, 3.8) is 0 Å². The molecule has 13 heavy (non-hydrogen) atoms. The van der Waals surface area contributed by atoms with E-state index in [1.165, 1.54) is 0 Å². The predicted molar refractivity (Wildman–Crippen MR) is 54.1 cm³/mol. The van der Waals surface area contributed by atoms with Gasteiger partial charge >= 0.3 is 8.60 Å². The van der Waals surface area contributed by atoms with Crippen LogP contribution in [-0.2, 0) is 18.0 Å². The Morgan fingerprint density at radius 2 is 1.77 bits per heavy atom. The fourth-order valence-electron chi connectivity index (χ4n) is 0.795. The highest BCUT2D eigenvalue weighted by molar-refractivity contribution is 7.41. The van der Waals surface area contributed by atoms with Gasteiger partial charge in [0.1, 0.15) is 0 Å². The first-order valence-electron chi connectivity index (χ1n) is 4.41. The van der Waals surface area contributed by atoms with Crippen molar-refractivity contribution < 1.29 is 18.0 Å². The van der Waals surface area contributed by atoms with E-state index >= 15 is 0 Å². The van der Waals surface area contributed by atoms with Crippen molar-refractivity contribution in [3.05, 3.63) is 0 Å². The zero-order chi connectivity index (χ0) is 9.73. The molecule has 1 aliphatic rings. The predicted octanol–water partition coefficient (Wildman–Crippen LogP) is 2.13. The highest BCUT2D eigenvalue weighted by Crippen LogP contribution is 2.43. The maximum absolute atomic E-state index is 5.60. The smallest absolute Gasteiger partial charge is 0.332 e. The zero-order valence-corrected chi connectivity index (χ0v) is 10.3. The van der Waals surface area contributed by atoms with Gasteiger partial charge in [0.15, 0.2) is 8.32 Å². The lowest BCUT2D eigenvalue weighted by atomic mass is 10.8. The molecule has 1 aliphatic heterocycles. The van der Waals surface area contributed by atoms with Crippen LogP contribution < -0.4 is 0 Å². The van der Waals surface area contributed by atoms with E-state index in [4.69, 9.17) is 18.0 Å². The molecule has 0 aromatic rings. The monoisotopic (exact) mass is 224 g/mol. The largest absolute Gasteiger partial charge is 0.415 e. The minimum Gasteiger partial charge on any atom is -0.415 e. The van der Waals surface area contributed by atoms with Crippen molar-refractivity contribution in [2.75, 3.05) is 26.4 Å². The summed E-state index contributed by atoms with van der Waals surface area (Å²) in [7, 11) is -2.45. The van der Waals surface area contributed by atoms with Crippen LogP contribution in [0.25, 0.3) is 0 Å². The molecule has 0 spiro atoms. The van der Waals surface area contributed by atoms with Gasteiger partial charge in [0.25, 0.3) is 0 Å². The van der Waals surface area contributed by atoms with Crippen LogP contribution in [0.15, 0.2) is 0 Å². The molecule has 0 saturated carbocycles. The summed E-state index contributed by atoms with van der Waals surface area (Å²) in [5.74, 6) is 0. The summed E-state index contributed by atoms with van der Waals surface area (Å²) in [4.78, 5) is 0. The van der Waals surface area contributed by atoms with Gasteiger partial charge in [-0.2, -0.15) is 0 Å². The van der Waals surface area contributed by atoms with Gasteiger partial charge < -0.3 is 18.0 Å². The second-order valence-electron chi connectivity index (χ2n) is 3.68. The highest BCUT2D eigenvalue weighted by Gasteiger charge is 2.19. The summed E-state index contributed by atoms with van der Waals surface area (Å²) in [6, 6.07) is 0. The van der Waals surface area contributed by atoms with E-state index in [0.717, 1.165) is 0 Å². The molecule has 0 aromatic carbocycles. The molecule has 1 saturated heterocycles.